The number of carbonyl (C=O) groups excluding carboxylic acids is 1. The van der Waals surface area contributed by atoms with Crippen molar-refractivity contribution in [2.75, 3.05) is 17.7 Å². The van der Waals surface area contributed by atoms with Crippen LogP contribution in [0.25, 0.3) is 5.95 Å². The zero-order chi connectivity index (χ0) is 20.5. The number of hydrogen-bond acceptors (Lipinski definition) is 6. The number of hydrogen-bond donors (Lipinski definition) is 1. The van der Waals surface area contributed by atoms with Crippen LogP contribution in [0.1, 0.15) is 40.4 Å². The summed E-state index contributed by atoms with van der Waals surface area (Å²) in [5.74, 6) is 2.24. The Morgan fingerprint density at radius 1 is 1.17 bits per heavy atom. The molecule has 0 saturated heterocycles. The van der Waals surface area contributed by atoms with Gasteiger partial charge in [-0.1, -0.05) is 12.1 Å². The summed E-state index contributed by atoms with van der Waals surface area (Å²) in [6.45, 7) is 8.39. The molecule has 1 amide bonds. The first-order chi connectivity index (χ1) is 14.0. The molecule has 0 radical (unpaired) electrons. The van der Waals surface area contributed by atoms with Crippen LogP contribution in [0.5, 0.6) is 5.75 Å². The fourth-order valence-corrected chi connectivity index (χ4v) is 4.69. The minimum absolute atomic E-state index is 0.0284. The Bertz CT molecular complexity index is 1040. The van der Waals surface area contributed by atoms with Crippen molar-refractivity contribution < 1.29 is 9.53 Å². The average molecular weight is 410 g/mol. The highest BCUT2D eigenvalue weighted by Crippen LogP contribution is 2.43. The molecule has 1 N–H and O–H groups in total. The second kappa shape index (κ2) is 7.87. The van der Waals surface area contributed by atoms with E-state index in [0.717, 1.165) is 34.0 Å². The van der Waals surface area contributed by atoms with E-state index in [1.54, 1.807) is 16.4 Å². The van der Waals surface area contributed by atoms with Gasteiger partial charge in [-0.25, -0.2) is 9.97 Å². The van der Waals surface area contributed by atoms with Crippen LogP contribution in [-0.2, 0) is 4.79 Å². The fraction of sp³-hybridized carbons (Fsp3) is 0.333. The van der Waals surface area contributed by atoms with E-state index < -0.39 is 0 Å². The van der Waals surface area contributed by atoms with Crippen LogP contribution in [0.15, 0.2) is 30.3 Å². The van der Waals surface area contributed by atoms with Gasteiger partial charge in [-0.05, 0) is 51.5 Å². The van der Waals surface area contributed by atoms with Gasteiger partial charge >= 0.3 is 0 Å². The normalized spacial score (nSPS) is 16.1. The summed E-state index contributed by atoms with van der Waals surface area (Å²) in [6.07, 6.45) is 0. The summed E-state index contributed by atoms with van der Waals surface area (Å²) in [4.78, 5) is 21.5. The highest BCUT2D eigenvalue weighted by atomic mass is 32.2. The highest BCUT2D eigenvalue weighted by Gasteiger charge is 2.31. The molecule has 7 nitrogen and oxygen atoms in total. The highest BCUT2D eigenvalue weighted by molar-refractivity contribution is 8.00. The maximum absolute atomic E-state index is 12.5. The molecule has 1 aliphatic rings. The Labute approximate surface area is 173 Å². The number of nitrogens with one attached hydrogen (secondary N) is 1. The molecule has 0 bridgehead atoms. The number of nitrogens with zero attached hydrogens (tertiary/aromatic N) is 4. The summed E-state index contributed by atoms with van der Waals surface area (Å²) in [5.41, 5.74) is 4.63. The molecule has 0 aliphatic carbocycles. The standard InChI is InChI=1S/C21H23N5O2S/c1-5-28-16-8-6-15(7-9-16)19-18-14(4)25-26(20(18)24-17(27)11-29-19)21-22-12(2)10-13(3)23-21/h6-10,19H,5,11H2,1-4H3,(H,24,27). The molecular weight excluding hydrogens is 386 g/mol. The van der Waals surface area contributed by atoms with Crippen LogP contribution in [-0.4, -0.2) is 38.0 Å². The lowest BCUT2D eigenvalue weighted by Gasteiger charge is -2.16. The molecule has 3 aromatic rings. The smallest absolute Gasteiger partial charge is 0.252 e. The SMILES string of the molecule is CCOc1ccc(C2SCC(=O)Nc3c2c(C)nn3-c2nc(C)cc(C)n2)cc1. The molecule has 1 aliphatic heterocycles. The topological polar surface area (TPSA) is 81.9 Å². The van der Waals surface area contributed by atoms with Gasteiger partial charge in [0, 0.05) is 17.0 Å². The molecule has 0 fully saturated rings. The number of amides is 1. The van der Waals surface area contributed by atoms with Crippen LogP contribution >= 0.6 is 11.8 Å². The molecule has 3 heterocycles. The maximum atomic E-state index is 12.5. The van der Waals surface area contributed by atoms with Gasteiger partial charge in [0.15, 0.2) is 0 Å². The molecule has 2 aromatic heterocycles. The lowest BCUT2D eigenvalue weighted by atomic mass is 10.0. The molecule has 8 heteroatoms. The Balaban J connectivity index is 1.83. The van der Waals surface area contributed by atoms with E-state index in [4.69, 9.17) is 4.74 Å². The number of aryl methyl sites for hydroxylation is 3. The number of carbonyl (C=O) groups is 1. The largest absolute Gasteiger partial charge is 0.494 e. The second-order valence-corrected chi connectivity index (χ2v) is 8.04. The number of rotatable bonds is 4. The summed E-state index contributed by atoms with van der Waals surface area (Å²) < 4.78 is 7.21. The van der Waals surface area contributed by atoms with Gasteiger partial charge in [-0.15, -0.1) is 11.8 Å². The van der Waals surface area contributed by atoms with Crippen molar-refractivity contribution >= 4 is 23.5 Å². The number of anilines is 1. The molecule has 0 saturated carbocycles. The van der Waals surface area contributed by atoms with Gasteiger partial charge < -0.3 is 10.1 Å². The van der Waals surface area contributed by atoms with Gasteiger partial charge in [-0.2, -0.15) is 9.78 Å². The van der Waals surface area contributed by atoms with Crippen molar-refractivity contribution in [2.24, 2.45) is 0 Å². The third kappa shape index (κ3) is 3.85. The summed E-state index contributed by atoms with van der Waals surface area (Å²) in [5, 5.41) is 7.67. The van der Waals surface area contributed by atoms with Crippen LogP contribution in [0.3, 0.4) is 0 Å². The van der Waals surface area contributed by atoms with Crippen molar-refractivity contribution in [2.45, 2.75) is 32.9 Å². The van der Waals surface area contributed by atoms with E-state index in [0.29, 0.717) is 24.1 Å². The Morgan fingerprint density at radius 2 is 1.86 bits per heavy atom. The second-order valence-electron chi connectivity index (χ2n) is 6.95. The van der Waals surface area contributed by atoms with E-state index in [9.17, 15) is 4.79 Å². The third-order valence-electron chi connectivity index (χ3n) is 4.66. The summed E-state index contributed by atoms with van der Waals surface area (Å²) in [6, 6.07) is 9.94. The minimum Gasteiger partial charge on any atom is -0.494 e. The maximum Gasteiger partial charge on any atom is 0.252 e. The van der Waals surface area contributed by atoms with E-state index in [2.05, 4.69) is 20.4 Å². The van der Waals surface area contributed by atoms with Crippen molar-refractivity contribution in [1.82, 2.24) is 19.7 Å². The first kappa shape index (κ1) is 19.4. The third-order valence-corrected chi connectivity index (χ3v) is 5.93. The summed E-state index contributed by atoms with van der Waals surface area (Å²) in [7, 11) is 0. The Morgan fingerprint density at radius 3 is 2.52 bits per heavy atom. The predicted octanol–water partition coefficient (Wildman–Crippen LogP) is 3.76. The zero-order valence-corrected chi connectivity index (χ0v) is 17.7. The number of ether oxygens (including phenoxy) is 1. The predicted molar refractivity (Wildman–Crippen MR) is 114 cm³/mol. The van der Waals surface area contributed by atoms with E-state index in [1.165, 1.54) is 0 Å². The lowest BCUT2D eigenvalue weighted by molar-refractivity contribution is -0.113. The van der Waals surface area contributed by atoms with Gasteiger partial charge in [0.2, 0.25) is 5.91 Å². The summed E-state index contributed by atoms with van der Waals surface area (Å²) >= 11 is 1.59. The van der Waals surface area contributed by atoms with Crippen molar-refractivity contribution in [3.63, 3.8) is 0 Å². The van der Waals surface area contributed by atoms with Crippen LogP contribution < -0.4 is 10.1 Å². The van der Waals surface area contributed by atoms with Crippen molar-refractivity contribution in [3.05, 3.63) is 58.5 Å². The van der Waals surface area contributed by atoms with Gasteiger partial charge in [0.05, 0.1) is 23.3 Å². The number of aromatic nitrogens is 4. The zero-order valence-electron chi connectivity index (χ0n) is 16.9. The lowest BCUT2D eigenvalue weighted by Crippen LogP contribution is -2.17. The molecular formula is C21H23N5O2S. The quantitative estimate of drug-likeness (QED) is 0.707. The molecule has 1 aromatic carbocycles. The molecule has 1 unspecified atom stereocenters. The number of fused-ring (bicyclic) bond motifs is 1. The van der Waals surface area contributed by atoms with Gasteiger partial charge in [0.25, 0.3) is 5.95 Å². The number of thioether (sulfide) groups is 1. The molecule has 150 valence electrons. The fourth-order valence-electron chi connectivity index (χ4n) is 3.50. The van der Waals surface area contributed by atoms with Gasteiger partial charge in [-0.3, -0.25) is 4.79 Å². The van der Waals surface area contributed by atoms with Crippen molar-refractivity contribution in [1.29, 1.82) is 0 Å². The average Bonchev–Trinajstić information content (AvgIpc) is 2.88. The molecule has 4 rings (SSSR count). The van der Waals surface area contributed by atoms with E-state index in [1.807, 2.05) is 58.0 Å². The molecule has 0 spiro atoms. The molecule has 29 heavy (non-hydrogen) atoms. The van der Waals surface area contributed by atoms with Crippen LogP contribution in [0.4, 0.5) is 5.82 Å². The van der Waals surface area contributed by atoms with Crippen molar-refractivity contribution in [3.8, 4) is 11.7 Å². The minimum atomic E-state index is -0.0600. The Hall–Kier alpha value is -2.87. The Kier molecular flexibility index (Phi) is 5.27. The first-order valence-corrected chi connectivity index (χ1v) is 10.6. The molecule has 1 atom stereocenters. The first-order valence-electron chi connectivity index (χ1n) is 9.52. The van der Waals surface area contributed by atoms with E-state index in [-0.39, 0.29) is 11.2 Å². The van der Waals surface area contributed by atoms with Crippen LogP contribution in [0.2, 0.25) is 0 Å². The van der Waals surface area contributed by atoms with Gasteiger partial charge in [0.1, 0.15) is 11.6 Å². The van der Waals surface area contributed by atoms with E-state index >= 15 is 0 Å². The monoisotopic (exact) mass is 409 g/mol. The van der Waals surface area contributed by atoms with Crippen LogP contribution in [0, 0.1) is 20.8 Å². The number of benzene rings is 1.